The van der Waals surface area contributed by atoms with E-state index >= 15 is 0 Å². The van der Waals surface area contributed by atoms with Crippen molar-refractivity contribution in [3.05, 3.63) is 59.7 Å². The number of sulfonamides is 1. The molecule has 0 saturated carbocycles. The van der Waals surface area contributed by atoms with Crippen LogP contribution in [-0.2, 0) is 14.8 Å². The quantitative estimate of drug-likeness (QED) is 0.717. The Bertz CT molecular complexity index is 865. The van der Waals surface area contributed by atoms with Crippen molar-refractivity contribution < 1.29 is 17.9 Å². The highest BCUT2D eigenvalue weighted by molar-refractivity contribution is 7.92. The molecule has 0 unspecified atom stereocenters. The summed E-state index contributed by atoms with van der Waals surface area (Å²) in [6.07, 6.45) is 1.09. The predicted octanol–water partition coefficient (Wildman–Crippen LogP) is 2.26. The number of rotatable bonds is 8. The predicted molar refractivity (Wildman–Crippen MR) is 103 cm³/mol. The molecule has 140 valence electrons. The van der Waals surface area contributed by atoms with Crippen LogP contribution in [0.5, 0.6) is 5.75 Å². The molecule has 7 heteroatoms. The molecule has 0 aliphatic rings. The van der Waals surface area contributed by atoms with Crippen LogP contribution in [0.2, 0.25) is 0 Å². The summed E-state index contributed by atoms with van der Waals surface area (Å²) >= 11 is 0. The molecule has 0 aromatic heterocycles. The summed E-state index contributed by atoms with van der Waals surface area (Å²) in [5.74, 6) is 0.379. The van der Waals surface area contributed by atoms with Crippen LogP contribution in [0.25, 0.3) is 0 Å². The highest BCUT2D eigenvalue weighted by Gasteiger charge is 2.20. The van der Waals surface area contributed by atoms with E-state index < -0.39 is 10.0 Å². The van der Waals surface area contributed by atoms with Crippen molar-refractivity contribution in [3.63, 3.8) is 0 Å². The van der Waals surface area contributed by atoms with Gasteiger partial charge in [0.15, 0.2) is 0 Å². The zero-order valence-electron chi connectivity index (χ0n) is 15.2. The van der Waals surface area contributed by atoms with E-state index in [2.05, 4.69) is 5.32 Å². The first kappa shape index (κ1) is 19.8. The molecule has 1 amide bonds. The highest BCUT2D eigenvalue weighted by Crippen LogP contribution is 2.18. The van der Waals surface area contributed by atoms with Crippen molar-refractivity contribution in [2.75, 3.05) is 30.3 Å². The Morgan fingerprint density at radius 1 is 1.12 bits per heavy atom. The molecule has 0 spiro atoms. The van der Waals surface area contributed by atoms with E-state index in [1.165, 1.54) is 0 Å². The maximum Gasteiger partial charge on any atom is 0.240 e. The number of aryl methyl sites for hydroxylation is 2. The molecule has 0 fully saturated rings. The lowest BCUT2D eigenvalue weighted by Gasteiger charge is -2.22. The van der Waals surface area contributed by atoms with Gasteiger partial charge in [-0.15, -0.1) is 0 Å². The summed E-state index contributed by atoms with van der Waals surface area (Å²) in [6.45, 7) is 4.14. The van der Waals surface area contributed by atoms with Gasteiger partial charge in [-0.25, -0.2) is 8.42 Å². The molecule has 0 atom stereocenters. The van der Waals surface area contributed by atoms with Gasteiger partial charge in [0.1, 0.15) is 18.9 Å². The molecule has 26 heavy (non-hydrogen) atoms. The fourth-order valence-corrected chi connectivity index (χ4v) is 3.29. The number of nitrogens with zero attached hydrogens (tertiary/aromatic N) is 1. The van der Waals surface area contributed by atoms with Gasteiger partial charge in [0, 0.05) is 0 Å². The minimum absolute atomic E-state index is 0.271. The molecule has 2 rings (SSSR count). The van der Waals surface area contributed by atoms with Crippen molar-refractivity contribution in [1.82, 2.24) is 5.32 Å². The van der Waals surface area contributed by atoms with E-state index in [1.807, 2.05) is 44.2 Å². The molecule has 0 bridgehead atoms. The fourth-order valence-electron chi connectivity index (χ4n) is 2.44. The van der Waals surface area contributed by atoms with Gasteiger partial charge in [-0.1, -0.05) is 30.3 Å². The van der Waals surface area contributed by atoms with Crippen LogP contribution < -0.4 is 14.4 Å². The van der Waals surface area contributed by atoms with Gasteiger partial charge in [-0.2, -0.15) is 0 Å². The van der Waals surface area contributed by atoms with E-state index in [0.717, 1.165) is 27.4 Å². The van der Waals surface area contributed by atoms with Crippen molar-refractivity contribution in [1.29, 1.82) is 0 Å². The first-order chi connectivity index (χ1) is 12.3. The number of carbonyl (C=O) groups excluding carboxylic acids is 1. The number of ether oxygens (including phenoxy) is 1. The second-order valence-electron chi connectivity index (χ2n) is 6.07. The van der Waals surface area contributed by atoms with E-state index in [1.54, 1.807) is 18.2 Å². The lowest BCUT2D eigenvalue weighted by molar-refractivity contribution is -0.119. The SMILES string of the molecule is Cc1cccc(N(CC(=O)NCCOc2ccccc2C)S(C)(=O)=O)c1. The van der Waals surface area contributed by atoms with Gasteiger partial charge in [0.05, 0.1) is 18.5 Å². The Morgan fingerprint density at radius 3 is 2.50 bits per heavy atom. The van der Waals surface area contributed by atoms with Crippen LogP contribution in [0.15, 0.2) is 48.5 Å². The maximum atomic E-state index is 12.2. The molecular formula is C19H24N2O4S. The molecule has 0 saturated heterocycles. The molecule has 0 radical (unpaired) electrons. The topological polar surface area (TPSA) is 75.7 Å². The van der Waals surface area contributed by atoms with Gasteiger partial charge in [0.25, 0.3) is 0 Å². The second-order valence-corrected chi connectivity index (χ2v) is 7.98. The molecule has 6 nitrogen and oxygen atoms in total. The number of amides is 1. The number of para-hydroxylation sites is 1. The second kappa shape index (κ2) is 8.71. The Labute approximate surface area is 154 Å². The Kier molecular flexibility index (Phi) is 6.63. The largest absolute Gasteiger partial charge is 0.491 e. The van der Waals surface area contributed by atoms with E-state index in [-0.39, 0.29) is 12.5 Å². The first-order valence-corrected chi connectivity index (χ1v) is 10.1. The summed E-state index contributed by atoms with van der Waals surface area (Å²) in [6, 6.07) is 14.6. The lowest BCUT2D eigenvalue weighted by atomic mass is 10.2. The van der Waals surface area contributed by atoms with Crippen molar-refractivity contribution in [3.8, 4) is 5.75 Å². The number of carbonyl (C=O) groups is 1. The van der Waals surface area contributed by atoms with Crippen LogP contribution in [0.1, 0.15) is 11.1 Å². The average molecular weight is 376 g/mol. The zero-order chi connectivity index (χ0) is 19.2. The van der Waals surface area contributed by atoms with Gasteiger partial charge in [-0.3, -0.25) is 9.10 Å². The molecule has 2 aromatic carbocycles. The van der Waals surface area contributed by atoms with E-state index in [0.29, 0.717) is 18.8 Å². The van der Waals surface area contributed by atoms with Gasteiger partial charge in [0.2, 0.25) is 15.9 Å². The Morgan fingerprint density at radius 2 is 1.85 bits per heavy atom. The van der Waals surface area contributed by atoms with E-state index in [9.17, 15) is 13.2 Å². The minimum Gasteiger partial charge on any atom is -0.491 e. The zero-order valence-corrected chi connectivity index (χ0v) is 16.0. The summed E-state index contributed by atoms with van der Waals surface area (Å²) in [5, 5.41) is 2.69. The van der Waals surface area contributed by atoms with Crippen molar-refractivity contribution in [2.24, 2.45) is 0 Å². The Hall–Kier alpha value is -2.54. The monoisotopic (exact) mass is 376 g/mol. The molecule has 0 aliphatic carbocycles. The molecule has 0 heterocycles. The van der Waals surface area contributed by atoms with E-state index in [4.69, 9.17) is 4.74 Å². The number of hydrogen-bond acceptors (Lipinski definition) is 4. The fraction of sp³-hybridized carbons (Fsp3) is 0.316. The van der Waals surface area contributed by atoms with Crippen LogP contribution in [0.4, 0.5) is 5.69 Å². The van der Waals surface area contributed by atoms with Crippen molar-refractivity contribution >= 4 is 21.6 Å². The molecule has 2 aromatic rings. The third-order valence-electron chi connectivity index (χ3n) is 3.75. The van der Waals surface area contributed by atoms with Crippen LogP contribution in [0, 0.1) is 13.8 Å². The normalized spacial score (nSPS) is 11.0. The maximum absolute atomic E-state index is 12.2. The van der Waals surface area contributed by atoms with Crippen LogP contribution >= 0.6 is 0 Å². The highest BCUT2D eigenvalue weighted by atomic mass is 32.2. The van der Waals surface area contributed by atoms with Gasteiger partial charge >= 0.3 is 0 Å². The third kappa shape index (κ3) is 5.77. The summed E-state index contributed by atoms with van der Waals surface area (Å²) < 4.78 is 30.8. The number of nitrogens with one attached hydrogen (secondary N) is 1. The lowest BCUT2D eigenvalue weighted by Crippen LogP contribution is -2.41. The minimum atomic E-state index is -3.57. The summed E-state index contributed by atoms with van der Waals surface area (Å²) in [4.78, 5) is 12.2. The summed E-state index contributed by atoms with van der Waals surface area (Å²) in [5.41, 5.74) is 2.41. The standard InChI is InChI=1S/C19H24N2O4S/c1-15-7-6-9-17(13-15)21(26(3,23)24)14-19(22)20-11-12-25-18-10-5-4-8-16(18)2/h4-10,13H,11-12,14H2,1-3H3,(H,20,22). The Balaban J connectivity index is 1.91. The molecule has 0 aliphatic heterocycles. The molecular weight excluding hydrogens is 352 g/mol. The number of hydrogen-bond donors (Lipinski definition) is 1. The van der Waals surface area contributed by atoms with Crippen molar-refractivity contribution in [2.45, 2.75) is 13.8 Å². The first-order valence-electron chi connectivity index (χ1n) is 8.27. The van der Waals surface area contributed by atoms with Crippen LogP contribution in [-0.4, -0.2) is 40.3 Å². The van der Waals surface area contributed by atoms with Gasteiger partial charge < -0.3 is 10.1 Å². The number of benzene rings is 2. The number of anilines is 1. The van der Waals surface area contributed by atoms with Gasteiger partial charge in [-0.05, 0) is 43.2 Å². The third-order valence-corrected chi connectivity index (χ3v) is 4.89. The molecule has 1 N–H and O–H groups in total. The van der Waals surface area contributed by atoms with Crippen LogP contribution in [0.3, 0.4) is 0 Å². The summed E-state index contributed by atoms with van der Waals surface area (Å²) in [7, 11) is -3.57. The smallest absolute Gasteiger partial charge is 0.240 e. The average Bonchev–Trinajstić information content (AvgIpc) is 2.57.